The molecule has 0 aliphatic rings. The fourth-order valence-electron chi connectivity index (χ4n) is 1.23. The molecule has 0 unspecified atom stereocenters. The van der Waals surface area contributed by atoms with Gasteiger partial charge in [-0.1, -0.05) is 5.16 Å². The highest BCUT2D eigenvalue weighted by Crippen LogP contribution is 2.26. The molecule has 8 heteroatoms. The van der Waals surface area contributed by atoms with E-state index in [-0.39, 0.29) is 22.5 Å². The topological polar surface area (TPSA) is 118 Å². The zero-order chi connectivity index (χ0) is 11.7. The van der Waals surface area contributed by atoms with Gasteiger partial charge in [0.1, 0.15) is 0 Å². The van der Waals surface area contributed by atoms with Crippen LogP contribution in [0.4, 0.5) is 16.3 Å². The molecule has 2 rings (SSSR count). The first kappa shape index (κ1) is 9.90. The molecule has 0 saturated heterocycles. The molecule has 0 aliphatic carbocycles. The Morgan fingerprint density at radius 1 is 1.56 bits per heavy atom. The minimum absolute atomic E-state index is 0.0637. The molecule has 8 nitrogen and oxygen atoms in total. The standard InChI is InChI=1S/C8H5N3O5/c12-8(13)9-7-5-3-4(11(14)15)1-2-6(5)16-10-7/h1-3H,(H,9,10)(H,12,13). The number of non-ortho nitro benzene ring substituents is 1. The zero-order valence-corrected chi connectivity index (χ0v) is 7.71. The van der Waals surface area contributed by atoms with Gasteiger partial charge in [-0.05, 0) is 6.07 Å². The molecule has 1 aromatic carbocycles. The molecule has 1 amide bonds. The lowest BCUT2D eigenvalue weighted by Gasteiger charge is -1.94. The predicted octanol–water partition coefficient (Wildman–Crippen LogP) is 1.83. The molecular weight excluding hydrogens is 218 g/mol. The van der Waals surface area contributed by atoms with Crippen LogP contribution in [-0.4, -0.2) is 21.3 Å². The number of nitrogens with zero attached hydrogens (tertiary/aromatic N) is 2. The van der Waals surface area contributed by atoms with E-state index in [4.69, 9.17) is 9.63 Å². The maximum Gasteiger partial charge on any atom is 0.410 e. The smallest absolute Gasteiger partial charge is 0.410 e. The Bertz CT molecular complexity index is 576. The number of rotatable bonds is 2. The number of benzene rings is 1. The van der Waals surface area contributed by atoms with Gasteiger partial charge >= 0.3 is 6.09 Å². The van der Waals surface area contributed by atoms with Crippen molar-refractivity contribution >= 4 is 28.6 Å². The molecule has 0 aliphatic heterocycles. The second kappa shape index (κ2) is 3.50. The lowest BCUT2D eigenvalue weighted by atomic mass is 10.2. The SMILES string of the molecule is O=C(O)Nc1noc2ccc([N+](=O)[O-])cc12. The third kappa shape index (κ3) is 1.63. The number of nitro groups is 1. The van der Waals surface area contributed by atoms with E-state index in [2.05, 4.69) is 5.16 Å². The molecule has 0 radical (unpaired) electrons. The van der Waals surface area contributed by atoms with E-state index < -0.39 is 11.0 Å². The normalized spacial score (nSPS) is 10.2. The van der Waals surface area contributed by atoms with Crippen molar-refractivity contribution < 1.29 is 19.3 Å². The summed E-state index contributed by atoms with van der Waals surface area (Å²) in [6.45, 7) is 0. The van der Waals surface area contributed by atoms with Gasteiger partial charge in [0.15, 0.2) is 11.4 Å². The number of nitro benzene ring substituents is 1. The van der Waals surface area contributed by atoms with Crippen molar-refractivity contribution in [2.45, 2.75) is 0 Å². The van der Waals surface area contributed by atoms with Crippen molar-refractivity contribution in [2.24, 2.45) is 0 Å². The van der Waals surface area contributed by atoms with Gasteiger partial charge in [0.2, 0.25) is 0 Å². The first-order valence-corrected chi connectivity index (χ1v) is 4.11. The second-order valence-electron chi connectivity index (χ2n) is 2.90. The summed E-state index contributed by atoms with van der Waals surface area (Å²) in [5.74, 6) is -0.0637. The van der Waals surface area contributed by atoms with Gasteiger partial charge in [-0.25, -0.2) is 4.79 Å². The Labute approximate surface area is 87.6 Å². The summed E-state index contributed by atoms with van der Waals surface area (Å²) in [6.07, 6.45) is -1.32. The van der Waals surface area contributed by atoms with Crippen LogP contribution < -0.4 is 5.32 Å². The summed E-state index contributed by atoms with van der Waals surface area (Å²) in [6, 6.07) is 3.79. The number of carboxylic acid groups (broad SMARTS) is 1. The Balaban J connectivity index is 2.55. The third-order valence-corrected chi connectivity index (χ3v) is 1.89. The van der Waals surface area contributed by atoms with Crippen LogP contribution in [-0.2, 0) is 0 Å². The maximum atomic E-state index is 10.5. The number of fused-ring (bicyclic) bond motifs is 1. The van der Waals surface area contributed by atoms with Crippen LogP contribution in [0.15, 0.2) is 22.7 Å². The molecule has 0 fully saturated rings. The Morgan fingerprint density at radius 2 is 2.31 bits per heavy atom. The zero-order valence-electron chi connectivity index (χ0n) is 7.71. The van der Waals surface area contributed by atoms with Crippen molar-refractivity contribution in [3.05, 3.63) is 28.3 Å². The van der Waals surface area contributed by atoms with Crippen LogP contribution in [0.1, 0.15) is 0 Å². The molecule has 0 saturated carbocycles. The van der Waals surface area contributed by atoms with E-state index in [9.17, 15) is 14.9 Å². The summed E-state index contributed by atoms with van der Waals surface area (Å²) in [7, 11) is 0. The van der Waals surface area contributed by atoms with E-state index in [1.807, 2.05) is 5.32 Å². The molecule has 16 heavy (non-hydrogen) atoms. The Morgan fingerprint density at radius 3 is 2.94 bits per heavy atom. The summed E-state index contributed by atoms with van der Waals surface area (Å²) in [5.41, 5.74) is 0.110. The van der Waals surface area contributed by atoms with Crippen LogP contribution >= 0.6 is 0 Å². The third-order valence-electron chi connectivity index (χ3n) is 1.89. The van der Waals surface area contributed by atoms with E-state index in [1.54, 1.807) is 0 Å². The fraction of sp³-hybridized carbons (Fsp3) is 0. The van der Waals surface area contributed by atoms with Crippen molar-refractivity contribution in [1.29, 1.82) is 0 Å². The molecule has 0 bridgehead atoms. The van der Waals surface area contributed by atoms with Gasteiger partial charge in [-0.15, -0.1) is 0 Å². The minimum Gasteiger partial charge on any atom is -0.465 e. The van der Waals surface area contributed by atoms with Crippen LogP contribution in [0.5, 0.6) is 0 Å². The average molecular weight is 223 g/mol. The maximum absolute atomic E-state index is 10.5. The number of nitrogens with one attached hydrogen (secondary N) is 1. The van der Waals surface area contributed by atoms with Crippen LogP contribution in [0, 0.1) is 10.1 Å². The summed E-state index contributed by atoms with van der Waals surface area (Å²) in [5, 5.41) is 24.7. The van der Waals surface area contributed by atoms with E-state index >= 15 is 0 Å². The summed E-state index contributed by atoms with van der Waals surface area (Å²) in [4.78, 5) is 20.3. The van der Waals surface area contributed by atoms with Gasteiger partial charge in [-0.3, -0.25) is 15.4 Å². The number of aromatic nitrogens is 1. The van der Waals surface area contributed by atoms with Gasteiger partial charge < -0.3 is 9.63 Å². The van der Waals surface area contributed by atoms with Crippen molar-refractivity contribution in [1.82, 2.24) is 5.16 Å². The molecule has 0 spiro atoms. The minimum atomic E-state index is -1.32. The average Bonchev–Trinajstić information content (AvgIpc) is 2.60. The molecule has 1 heterocycles. The fourth-order valence-corrected chi connectivity index (χ4v) is 1.23. The molecule has 0 atom stereocenters. The first-order valence-electron chi connectivity index (χ1n) is 4.11. The quantitative estimate of drug-likeness (QED) is 0.592. The monoisotopic (exact) mass is 223 g/mol. The lowest BCUT2D eigenvalue weighted by molar-refractivity contribution is -0.384. The Kier molecular flexibility index (Phi) is 2.16. The number of hydrogen-bond donors (Lipinski definition) is 2. The van der Waals surface area contributed by atoms with Crippen LogP contribution in [0.3, 0.4) is 0 Å². The number of amides is 1. The van der Waals surface area contributed by atoms with E-state index in [0.29, 0.717) is 0 Å². The highest BCUT2D eigenvalue weighted by atomic mass is 16.6. The first-order chi connectivity index (χ1) is 7.58. The number of hydrogen-bond acceptors (Lipinski definition) is 5. The molecule has 1 aromatic heterocycles. The highest BCUT2D eigenvalue weighted by Gasteiger charge is 2.14. The van der Waals surface area contributed by atoms with Crippen LogP contribution in [0.25, 0.3) is 11.0 Å². The van der Waals surface area contributed by atoms with E-state index in [1.165, 1.54) is 18.2 Å². The summed E-state index contributed by atoms with van der Waals surface area (Å²) >= 11 is 0. The predicted molar refractivity (Wildman–Crippen MR) is 52.3 cm³/mol. The largest absolute Gasteiger partial charge is 0.465 e. The number of anilines is 1. The van der Waals surface area contributed by atoms with Crippen LogP contribution in [0.2, 0.25) is 0 Å². The summed E-state index contributed by atoms with van der Waals surface area (Å²) < 4.78 is 4.79. The molecule has 2 aromatic rings. The van der Waals surface area contributed by atoms with Crippen molar-refractivity contribution in [3.63, 3.8) is 0 Å². The lowest BCUT2D eigenvalue weighted by Crippen LogP contribution is -2.07. The van der Waals surface area contributed by atoms with Gasteiger partial charge in [0.25, 0.3) is 5.69 Å². The Hall–Kier alpha value is -2.64. The highest BCUT2D eigenvalue weighted by molar-refractivity contribution is 5.96. The van der Waals surface area contributed by atoms with Gasteiger partial charge in [0, 0.05) is 12.1 Å². The molecular formula is C8H5N3O5. The molecule has 82 valence electrons. The molecule has 2 N–H and O–H groups in total. The van der Waals surface area contributed by atoms with Crippen molar-refractivity contribution in [3.8, 4) is 0 Å². The van der Waals surface area contributed by atoms with Gasteiger partial charge in [-0.2, -0.15) is 0 Å². The number of carbonyl (C=O) groups is 1. The van der Waals surface area contributed by atoms with Gasteiger partial charge in [0.05, 0.1) is 10.3 Å². The van der Waals surface area contributed by atoms with Crippen molar-refractivity contribution in [2.75, 3.05) is 5.32 Å². The second-order valence-corrected chi connectivity index (χ2v) is 2.90. The van der Waals surface area contributed by atoms with E-state index in [0.717, 1.165) is 0 Å².